The van der Waals surface area contributed by atoms with Crippen molar-refractivity contribution in [2.75, 3.05) is 7.05 Å². The van der Waals surface area contributed by atoms with Gasteiger partial charge in [-0.3, -0.25) is 4.79 Å². The highest BCUT2D eigenvalue weighted by Crippen LogP contribution is 2.23. The van der Waals surface area contributed by atoms with Gasteiger partial charge in [0.15, 0.2) is 0 Å². The van der Waals surface area contributed by atoms with Crippen LogP contribution in [-0.2, 0) is 0 Å². The van der Waals surface area contributed by atoms with Crippen LogP contribution in [-0.4, -0.2) is 17.9 Å². The highest BCUT2D eigenvalue weighted by Gasteiger charge is 2.20. The molecule has 170 valence electrons. The third-order valence-electron chi connectivity index (χ3n) is 6.40. The molecule has 4 aromatic carbocycles. The number of amides is 1. The Morgan fingerprint density at radius 1 is 0.694 bits per heavy atom. The third kappa shape index (κ3) is 3.91. The Hall–Kier alpha value is -5.43. The second kappa shape index (κ2) is 9.82. The van der Waals surface area contributed by atoms with Crippen LogP contribution in [0.2, 0.25) is 0 Å². The monoisotopic (exact) mass is 465 g/mol. The molecular formula is C30H19N5O. The van der Waals surface area contributed by atoms with Crippen molar-refractivity contribution in [3.8, 4) is 24.3 Å². The standard InChI is InChI=1S/C30H19N5O/c1-19(20-8-4-3-5-9-20)35(2)30(36)21-12-13-26-27(14-21)29(23(17-33)18-34)25-11-7-6-10-24(25)28(26)22(15-31)16-32/h3-14,19H,1-2H3/t19-/m1/s1. The Labute approximate surface area is 208 Å². The van der Waals surface area contributed by atoms with E-state index in [4.69, 9.17) is 0 Å². The molecule has 0 saturated carbocycles. The Morgan fingerprint density at radius 3 is 1.69 bits per heavy atom. The molecule has 4 rings (SSSR count). The van der Waals surface area contributed by atoms with Crippen molar-refractivity contribution < 1.29 is 4.79 Å². The van der Waals surface area contributed by atoms with Gasteiger partial charge in [0, 0.05) is 23.0 Å². The molecule has 0 aliphatic rings. The van der Waals surface area contributed by atoms with Gasteiger partial charge < -0.3 is 4.90 Å². The van der Waals surface area contributed by atoms with Crippen LogP contribution in [0.25, 0.3) is 32.7 Å². The molecule has 0 N–H and O–H groups in total. The Kier molecular flexibility index (Phi) is 6.47. The number of carbonyl (C=O) groups excluding carboxylic acids is 1. The number of benzene rings is 4. The molecule has 4 aromatic rings. The van der Waals surface area contributed by atoms with E-state index in [2.05, 4.69) is 0 Å². The fourth-order valence-corrected chi connectivity index (χ4v) is 4.46. The summed E-state index contributed by atoms with van der Waals surface area (Å²) in [4.78, 5) is 15.1. The summed E-state index contributed by atoms with van der Waals surface area (Å²) in [6.07, 6.45) is 0. The summed E-state index contributed by atoms with van der Waals surface area (Å²) >= 11 is 0. The predicted molar refractivity (Wildman–Crippen MR) is 137 cm³/mol. The van der Waals surface area contributed by atoms with Crippen LogP contribution in [0.4, 0.5) is 0 Å². The van der Waals surface area contributed by atoms with Crippen molar-refractivity contribution in [1.82, 2.24) is 4.90 Å². The second-order valence-electron chi connectivity index (χ2n) is 8.26. The van der Waals surface area contributed by atoms with Crippen molar-refractivity contribution in [3.05, 3.63) is 94.4 Å². The first kappa shape index (κ1) is 23.7. The smallest absolute Gasteiger partial charge is 0.254 e. The van der Waals surface area contributed by atoms with E-state index in [9.17, 15) is 25.8 Å². The van der Waals surface area contributed by atoms with Crippen molar-refractivity contribution in [2.24, 2.45) is 0 Å². The van der Waals surface area contributed by atoms with Gasteiger partial charge in [0.25, 0.3) is 5.91 Å². The average Bonchev–Trinajstić information content (AvgIpc) is 2.94. The van der Waals surface area contributed by atoms with E-state index >= 15 is 0 Å². The minimum Gasteiger partial charge on any atom is -0.335 e. The van der Waals surface area contributed by atoms with E-state index in [1.165, 1.54) is 0 Å². The van der Waals surface area contributed by atoms with E-state index < -0.39 is 0 Å². The lowest BCUT2D eigenvalue weighted by Gasteiger charge is -2.25. The van der Waals surface area contributed by atoms with Crippen LogP contribution in [0.1, 0.15) is 28.9 Å². The largest absolute Gasteiger partial charge is 0.335 e. The second-order valence-corrected chi connectivity index (χ2v) is 8.26. The molecule has 0 bridgehead atoms. The van der Waals surface area contributed by atoms with E-state index in [-0.39, 0.29) is 23.1 Å². The molecule has 0 aliphatic heterocycles. The maximum Gasteiger partial charge on any atom is 0.254 e. The highest BCUT2D eigenvalue weighted by molar-refractivity contribution is 6.08. The Bertz CT molecular complexity index is 1800. The van der Waals surface area contributed by atoms with Gasteiger partial charge in [0.1, 0.15) is 35.4 Å². The summed E-state index contributed by atoms with van der Waals surface area (Å²) in [5.41, 5.74) is 1.14. The Balaban J connectivity index is 2.10. The number of hydrogen-bond donors (Lipinski definition) is 0. The lowest BCUT2D eigenvalue weighted by atomic mass is 9.92. The number of fused-ring (bicyclic) bond motifs is 2. The summed E-state index contributed by atoms with van der Waals surface area (Å²) in [6.45, 7) is 1.93. The molecule has 6 heteroatoms. The number of nitriles is 4. The third-order valence-corrected chi connectivity index (χ3v) is 6.40. The topological polar surface area (TPSA) is 115 Å². The maximum atomic E-state index is 13.5. The van der Waals surface area contributed by atoms with Gasteiger partial charge in [0.05, 0.1) is 6.04 Å². The number of hydrogen-bond acceptors (Lipinski definition) is 5. The van der Waals surface area contributed by atoms with Crippen molar-refractivity contribution in [2.45, 2.75) is 13.0 Å². The molecule has 0 radical (unpaired) electrons. The molecule has 0 aromatic heterocycles. The van der Waals surface area contributed by atoms with Gasteiger partial charge in [-0.25, -0.2) is 0 Å². The summed E-state index contributed by atoms with van der Waals surface area (Å²) in [6, 6.07) is 29.3. The lowest BCUT2D eigenvalue weighted by Crippen LogP contribution is -2.30. The first-order valence-corrected chi connectivity index (χ1v) is 11.1. The number of rotatable bonds is 3. The first-order chi connectivity index (χ1) is 17.5. The van der Waals surface area contributed by atoms with Gasteiger partial charge in [-0.1, -0.05) is 60.7 Å². The molecule has 0 fully saturated rings. The van der Waals surface area contributed by atoms with Crippen molar-refractivity contribution in [1.29, 1.82) is 21.0 Å². The van der Waals surface area contributed by atoms with Crippen LogP contribution in [0.5, 0.6) is 0 Å². The Morgan fingerprint density at radius 2 is 1.17 bits per heavy atom. The van der Waals surface area contributed by atoms with E-state index in [1.54, 1.807) is 54.4 Å². The summed E-state index contributed by atoms with van der Waals surface area (Å²) < 4.78 is 0. The lowest BCUT2D eigenvalue weighted by molar-refractivity contribution is 0.0743. The minimum atomic E-state index is -0.242. The van der Waals surface area contributed by atoms with E-state index in [1.807, 2.05) is 61.5 Å². The molecular weight excluding hydrogens is 446 g/mol. The van der Waals surface area contributed by atoms with Crippen LogP contribution < -0.4 is 10.4 Å². The predicted octanol–water partition coefficient (Wildman–Crippen LogP) is 4.22. The maximum absolute atomic E-state index is 13.5. The molecule has 6 nitrogen and oxygen atoms in total. The molecule has 1 amide bonds. The molecule has 0 aliphatic carbocycles. The highest BCUT2D eigenvalue weighted by atomic mass is 16.2. The quantitative estimate of drug-likeness (QED) is 0.420. The van der Waals surface area contributed by atoms with Crippen molar-refractivity contribution in [3.63, 3.8) is 0 Å². The van der Waals surface area contributed by atoms with Gasteiger partial charge in [-0.05, 0) is 46.2 Å². The van der Waals surface area contributed by atoms with Crippen LogP contribution in [0.3, 0.4) is 0 Å². The summed E-state index contributed by atoms with van der Waals surface area (Å²) in [5.74, 6) is -0.242. The summed E-state index contributed by atoms with van der Waals surface area (Å²) in [7, 11) is 1.72. The molecule has 0 spiro atoms. The van der Waals surface area contributed by atoms with Gasteiger partial charge >= 0.3 is 0 Å². The van der Waals surface area contributed by atoms with E-state index in [0.29, 0.717) is 37.5 Å². The van der Waals surface area contributed by atoms with Crippen molar-refractivity contribution >= 4 is 38.6 Å². The molecule has 0 saturated heterocycles. The number of carbonyl (C=O) groups is 1. The van der Waals surface area contributed by atoms with Gasteiger partial charge in [-0.15, -0.1) is 0 Å². The van der Waals surface area contributed by atoms with Gasteiger partial charge in [-0.2, -0.15) is 21.0 Å². The normalized spacial score (nSPS) is 10.9. The summed E-state index contributed by atoms with van der Waals surface area (Å²) in [5, 5.41) is 41.7. The minimum absolute atomic E-state index is 0.0906. The SMILES string of the molecule is C[C@H](c1ccccc1)N(C)C(=O)c1ccc2c(=C(C#N)C#N)c3ccccc3c(=C(C#N)C#N)c2c1. The van der Waals surface area contributed by atoms with Crippen LogP contribution in [0.15, 0.2) is 72.8 Å². The zero-order chi connectivity index (χ0) is 25.8. The molecule has 36 heavy (non-hydrogen) atoms. The zero-order valence-corrected chi connectivity index (χ0v) is 19.6. The van der Waals surface area contributed by atoms with Crippen LogP contribution >= 0.6 is 0 Å². The average molecular weight is 466 g/mol. The zero-order valence-electron chi connectivity index (χ0n) is 19.6. The molecule has 1 atom stereocenters. The first-order valence-electron chi connectivity index (χ1n) is 11.1. The van der Waals surface area contributed by atoms with Gasteiger partial charge in [0.2, 0.25) is 0 Å². The van der Waals surface area contributed by atoms with E-state index in [0.717, 1.165) is 5.56 Å². The van der Waals surface area contributed by atoms with Crippen LogP contribution in [0, 0.1) is 45.3 Å². The molecule has 0 heterocycles. The fraction of sp³-hybridized carbons (Fsp3) is 0.100. The fourth-order valence-electron chi connectivity index (χ4n) is 4.46. The number of nitrogens with zero attached hydrogens (tertiary/aromatic N) is 5. The molecule has 0 unspecified atom stereocenters.